The molecule has 1 fully saturated rings. The molecule has 2 aromatic rings. The average molecular weight is 411 g/mol. The number of nitrogens with zero attached hydrogens (tertiary/aromatic N) is 2. The molecule has 0 aromatic heterocycles. The average Bonchev–Trinajstić information content (AvgIpc) is 2.99. The van der Waals surface area contributed by atoms with E-state index >= 15 is 0 Å². The van der Waals surface area contributed by atoms with Crippen LogP contribution in [0.1, 0.15) is 11.6 Å². The molecule has 30 heavy (non-hydrogen) atoms. The molecule has 1 saturated heterocycles. The number of likely N-dealkylation sites (tertiary alicyclic amines) is 1. The summed E-state index contributed by atoms with van der Waals surface area (Å²) in [6.07, 6.45) is 0. The lowest BCUT2D eigenvalue weighted by molar-refractivity contribution is -0.384. The molecule has 0 saturated carbocycles. The number of aliphatic hydroxyl groups is 1. The van der Waals surface area contributed by atoms with E-state index in [1.165, 1.54) is 29.2 Å². The number of nitro benzene ring substituents is 1. The molecule has 0 unspecified atom stereocenters. The second kappa shape index (κ2) is 8.75. The highest BCUT2D eigenvalue weighted by molar-refractivity contribution is 6.39. The smallest absolute Gasteiger partial charge is 0.291 e. The minimum Gasteiger partial charge on any atom is -0.497 e. The molecule has 1 aliphatic heterocycles. The zero-order valence-corrected chi connectivity index (χ0v) is 16.3. The van der Waals surface area contributed by atoms with Crippen molar-refractivity contribution in [2.75, 3.05) is 25.6 Å². The molecule has 0 radical (unpaired) electrons. The summed E-state index contributed by atoms with van der Waals surface area (Å²) in [5.74, 6) is -1.64. The van der Waals surface area contributed by atoms with Crippen LogP contribution < -0.4 is 10.1 Å². The van der Waals surface area contributed by atoms with Crippen molar-refractivity contribution in [2.24, 2.45) is 5.92 Å². The second-order valence-corrected chi connectivity index (χ2v) is 6.74. The summed E-state index contributed by atoms with van der Waals surface area (Å²) in [5, 5.41) is 23.4. The molecular weight excluding hydrogens is 390 g/mol. The van der Waals surface area contributed by atoms with Crippen LogP contribution >= 0.6 is 0 Å². The molecule has 2 N–H and O–H groups in total. The number of carbonyl (C=O) groups excluding carboxylic acids is 2. The van der Waals surface area contributed by atoms with Gasteiger partial charge in [-0.1, -0.05) is 18.7 Å². The van der Waals surface area contributed by atoms with Crippen molar-refractivity contribution in [1.29, 1.82) is 0 Å². The van der Waals surface area contributed by atoms with Crippen LogP contribution in [0.2, 0.25) is 0 Å². The Labute approximate surface area is 172 Å². The third-order valence-corrected chi connectivity index (χ3v) is 4.96. The number of rotatable bonds is 8. The largest absolute Gasteiger partial charge is 0.497 e. The summed E-state index contributed by atoms with van der Waals surface area (Å²) in [7, 11) is 1.55. The van der Waals surface area contributed by atoms with Gasteiger partial charge in [0.2, 0.25) is 5.78 Å². The first-order valence-corrected chi connectivity index (χ1v) is 9.17. The van der Waals surface area contributed by atoms with Crippen molar-refractivity contribution in [1.82, 2.24) is 4.90 Å². The molecule has 3 rings (SSSR count). The van der Waals surface area contributed by atoms with E-state index in [4.69, 9.17) is 4.74 Å². The normalized spacial score (nSPS) is 18.4. The molecule has 9 heteroatoms. The van der Waals surface area contributed by atoms with Gasteiger partial charge < -0.3 is 20.1 Å². The van der Waals surface area contributed by atoms with Crippen LogP contribution in [0.5, 0.6) is 5.75 Å². The Balaban J connectivity index is 1.93. The zero-order chi connectivity index (χ0) is 21.8. The van der Waals surface area contributed by atoms with Crippen LogP contribution in [-0.4, -0.2) is 46.9 Å². The predicted molar refractivity (Wildman–Crippen MR) is 109 cm³/mol. The highest BCUT2D eigenvalue weighted by Crippen LogP contribution is 2.40. The van der Waals surface area contributed by atoms with Gasteiger partial charge in [-0.25, -0.2) is 0 Å². The number of nitrogens with one attached hydrogen (secondary N) is 1. The Morgan fingerprint density at radius 3 is 2.37 bits per heavy atom. The monoisotopic (exact) mass is 411 g/mol. The minimum atomic E-state index is -0.924. The number of carbonyl (C=O) groups is 2. The zero-order valence-electron chi connectivity index (χ0n) is 16.3. The lowest BCUT2D eigenvalue weighted by Gasteiger charge is -2.28. The van der Waals surface area contributed by atoms with Crippen molar-refractivity contribution in [3.63, 3.8) is 0 Å². The van der Waals surface area contributed by atoms with Gasteiger partial charge in [0, 0.05) is 30.1 Å². The van der Waals surface area contributed by atoms with Crippen LogP contribution in [0.4, 0.5) is 11.4 Å². The molecule has 156 valence electrons. The molecular formula is C21H21N3O6. The molecule has 2 atom stereocenters. The highest BCUT2D eigenvalue weighted by Gasteiger charge is 2.49. The topological polar surface area (TPSA) is 122 Å². The van der Waals surface area contributed by atoms with E-state index in [2.05, 4.69) is 11.9 Å². The van der Waals surface area contributed by atoms with Crippen LogP contribution in [-0.2, 0) is 9.59 Å². The van der Waals surface area contributed by atoms with Gasteiger partial charge in [-0.05, 0) is 29.8 Å². The van der Waals surface area contributed by atoms with Gasteiger partial charge in [0.15, 0.2) is 0 Å². The number of amides is 1. The number of Topliss-reactive ketones (excluding diaryl/α,β-unsaturated/α-hetero) is 1. The summed E-state index contributed by atoms with van der Waals surface area (Å²) in [6, 6.07) is 11.9. The number of β-amino-alcohol motifs (C(OH)–C–C–N with tert-alkyl or cyclic N) is 1. The minimum absolute atomic E-state index is 0.0431. The fraction of sp³-hybridized carbons (Fsp3) is 0.238. The van der Waals surface area contributed by atoms with E-state index in [1.54, 1.807) is 31.4 Å². The summed E-state index contributed by atoms with van der Waals surface area (Å²) in [6.45, 7) is 3.59. The number of hydrogen-bond acceptors (Lipinski definition) is 7. The van der Waals surface area contributed by atoms with Gasteiger partial charge in [-0.2, -0.15) is 0 Å². The first-order chi connectivity index (χ1) is 14.4. The van der Waals surface area contributed by atoms with Crippen molar-refractivity contribution in [3.05, 3.63) is 76.5 Å². The number of methoxy groups -OCH3 is 1. The lowest BCUT2D eigenvalue weighted by Crippen LogP contribution is -2.32. The van der Waals surface area contributed by atoms with Crippen molar-refractivity contribution in [3.8, 4) is 5.75 Å². The van der Waals surface area contributed by atoms with Crippen LogP contribution in [0.25, 0.3) is 0 Å². The molecule has 1 amide bonds. The first kappa shape index (κ1) is 21.0. The summed E-state index contributed by atoms with van der Waals surface area (Å²) in [5.41, 5.74) is 1.40. The Bertz CT molecular complexity index is 971. The quantitative estimate of drug-likeness (QED) is 0.388. The van der Waals surface area contributed by atoms with Crippen molar-refractivity contribution in [2.45, 2.75) is 6.04 Å². The standard InChI is InChI=1S/C21H21N3O6/c1-13(22-15-5-9-17(30-2)10-6-15)18-19(23(11-12-25)21(27)20(18)26)14-3-7-16(8-4-14)24(28)29/h3-10,18-19,22,25H,1,11-12H2,2H3/t18-,19+/m0/s1. The van der Waals surface area contributed by atoms with Gasteiger partial charge in [-0.3, -0.25) is 19.7 Å². The third-order valence-electron chi connectivity index (χ3n) is 4.96. The SMILES string of the molecule is C=C(Nc1ccc(OC)cc1)[C@@H]1C(=O)C(=O)N(CCO)[C@@H]1c1ccc([N+](=O)[O-])cc1. The Morgan fingerprint density at radius 1 is 1.20 bits per heavy atom. The maximum Gasteiger partial charge on any atom is 0.291 e. The fourth-order valence-corrected chi connectivity index (χ4v) is 3.52. The van der Waals surface area contributed by atoms with Gasteiger partial charge >= 0.3 is 0 Å². The van der Waals surface area contributed by atoms with E-state index in [1.807, 2.05) is 0 Å². The van der Waals surface area contributed by atoms with Gasteiger partial charge in [0.05, 0.1) is 30.6 Å². The van der Waals surface area contributed by atoms with E-state index in [0.717, 1.165) is 0 Å². The number of ether oxygens (including phenoxy) is 1. The number of hydrogen-bond donors (Lipinski definition) is 2. The maximum atomic E-state index is 12.8. The van der Waals surface area contributed by atoms with E-state index in [9.17, 15) is 24.8 Å². The number of nitro groups is 1. The van der Waals surface area contributed by atoms with E-state index in [0.29, 0.717) is 22.7 Å². The fourth-order valence-electron chi connectivity index (χ4n) is 3.52. The molecule has 0 spiro atoms. The molecule has 1 heterocycles. The van der Waals surface area contributed by atoms with Crippen LogP contribution in [0, 0.1) is 16.0 Å². The second-order valence-electron chi connectivity index (χ2n) is 6.74. The van der Waals surface area contributed by atoms with E-state index in [-0.39, 0.29) is 18.8 Å². The number of aliphatic hydroxyl groups excluding tert-OH is 1. The number of anilines is 1. The van der Waals surface area contributed by atoms with E-state index < -0.39 is 28.6 Å². The molecule has 2 aromatic carbocycles. The van der Waals surface area contributed by atoms with Crippen LogP contribution in [0.3, 0.4) is 0 Å². The lowest BCUT2D eigenvalue weighted by atomic mass is 9.90. The highest BCUT2D eigenvalue weighted by atomic mass is 16.6. The Kier molecular flexibility index (Phi) is 6.12. The number of benzene rings is 2. The molecule has 9 nitrogen and oxygen atoms in total. The summed E-state index contributed by atoms with van der Waals surface area (Å²) < 4.78 is 5.12. The number of ketones is 1. The molecule has 1 aliphatic rings. The Hall–Kier alpha value is -3.72. The van der Waals surface area contributed by atoms with Gasteiger partial charge in [0.1, 0.15) is 5.75 Å². The summed E-state index contributed by atoms with van der Waals surface area (Å²) >= 11 is 0. The molecule has 0 aliphatic carbocycles. The van der Waals surface area contributed by atoms with Gasteiger partial charge in [-0.15, -0.1) is 0 Å². The van der Waals surface area contributed by atoms with Crippen molar-refractivity contribution >= 4 is 23.1 Å². The van der Waals surface area contributed by atoms with Crippen molar-refractivity contribution < 1.29 is 24.4 Å². The molecule has 0 bridgehead atoms. The maximum absolute atomic E-state index is 12.8. The van der Waals surface area contributed by atoms with Crippen LogP contribution in [0.15, 0.2) is 60.8 Å². The van der Waals surface area contributed by atoms with Gasteiger partial charge in [0.25, 0.3) is 11.6 Å². The predicted octanol–water partition coefficient (Wildman–Crippen LogP) is 2.29. The summed E-state index contributed by atoms with van der Waals surface area (Å²) in [4.78, 5) is 37.0. The number of non-ortho nitro benzene ring substituents is 1. The third kappa shape index (κ3) is 4.01. The first-order valence-electron chi connectivity index (χ1n) is 9.17. The Morgan fingerprint density at radius 2 is 1.83 bits per heavy atom.